The largest absolute Gasteiger partial charge is 0.495 e. The molecular formula is C20H22ClN3O4. The molecule has 0 radical (unpaired) electrons. The Kier molecular flexibility index (Phi) is 5.94. The van der Waals surface area contributed by atoms with E-state index >= 15 is 0 Å². The van der Waals surface area contributed by atoms with Gasteiger partial charge in [0, 0.05) is 26.1 Å². The number of halogens is 1. The molecule has 1 heterocycles. The van der Waals surface area contributed by atoms with Gasteiger partial charge in [0.2, 0.25) is 11.8 Å². The molecule has 2 aromatic carbocycles. The minimum atomic E-state index is -0.482. The highest BCUT2D eigenvalue weighted by atomic mass is 35.5. The second-order valence-electron chi connectivity index (χ2n) is 6.43. The van der Waals surface area contributed by atoms with Crippen molar-refractivity contribution in [2.24, 2.45) is 5.92 Å². The summed E-state index contributed by atoms with van der Waals surface area (Å²) in [7, 11) is 4.77. The fourth-order valence-electron chi connectivity index (χ4n) is 3.14. The summed E-state index contributed by atoms with van der Waals surface area (Å²) in [5.74, 6) is 0.0387. The van der Waals surface area contributed by atoms with Crippen LogP contribution in [0, 0.1) is 5.92 Å². The molecule has 0 aliphatic carbocycles. The van der Waals surface area contributed by atoms with Gasteiger partial charge in [-0.2, -0.15) is 0 Å². The molecule has 1 aliphatic heterocycles. The summed E-state index contributed by atoms with van der Waals surface area (Å²) in [5.41, 5.74) is 4.19. The van der Waals surface area contributed by atoms with Gasteiger partial charge < -0.3 is 14.4 Å². The number of amides is 2. The highest BCUT2D eigenvalue weighted by Gasteiger charge is 2.37. The molecular weight excluding hydrogens is 382 g/mol. The maximum atomic E-state index is 12.7. The summed E-state index contributed by atoms with van der Waals surface area (Å²) in [6, 6.07) is 12.7. The number of para-hydroxylation sites is 1. The van der Waals surface area contributed by atoms with Crippen molar-refractivity contribution in [3.8, 4) is 11.5 Å². The van der Waals surface area contributed by atoms with Crippen molar-refractivity contribution in [2.75, 3.05) is 37.7 Å². The third-order valence-corrected chi connectivity index (χ3v) is 4.96. The fraction of sp³-hybridized carbons (Fsp3) is 0.300. The van der Waals surface area contributed by atoms with E-state index in [1.165, 1.54) is 19.1 Å². The van der Waals surface area contributed by atoms with Gasteiger partial charge in [0.25, 0.3) is 0 Å². The second-order valence-corrected chi connectivity index (χ2v) is 6.84. The predicted octanol–water partition coefficient (Wildman–Crippen LogP) is 2.88. The predicted molar refractivity (Wildman–Crippen MR) is 108 cm³/mol. The number of rotatable bonds is 6. The molecule has 1 saturated heterocycles. The lowest BCUT2D eigenvalue weighted by atomic mass is 10.1. The number of anilines is 2. The summed E-state index contributed by atoms with van der Waals surface area (Å²) in [4.78, 5) is 26.8. The molecule has 0 unspecified atom stereocenters. The Labute approximate surface area is 168 Å². The van der Waals surface area contributed by atoms with E-state index in [2.05, 4.69) is 5.43 Å². The number of hydrogen-bond donors (Lipinski definition) is 1. The first kappa shape index (κ1) is 19.8. The van der Waals surface area contributed by atoms with E-state index in [-0.39, 0.29) is 24.8 Å². The Balaban J connectivity index is 1.75. The zero-order chi connectivity index (χ0) is 20.3. The highest BCUT2D eigenvalue weighted by Crippen LogP contribution is 2.40. The van der Waals surface area contributed by atoms with E-state index in [0.717, 1.165) is 5.69 Å². The van der Waals surface area contributed by atoms with Crippen LogP contribution in [-0.4, -0.2) is 39.6 Å². The monoisotopic (exact) mass is 403 g/mol. The molecule has 1 fully saturated rings. The van der Waals surface area contributed by atoms with Gasteiger partial charge in [0.1, 0.15) is 11.5 Å². The van der Waals surface area contributed by atoms with Gasteiger partial charge in [-0.15, -0.1) is 0 Å². The molecule has 1 atom stereocenters. The normalized spacial score (nSPS) is 16.1. The Morgan fingerprint density at radius 1 is 1.18 bits per heavy atom. The topological polar surface area (TPSA) is 71.1 Å². The van der Waals surface area contributed by atoms with E-state index in [0.29, 0.717) is 22.2 Å². The van der Waals surface area contributed by atoms with Gasteiger partial charge in [-0.05, 0) is 18.2 Å². The van der Waals surface area contributed by atoms with Crippen LogP contribution in [0.25, 0.3) is 0 Å². The number of benzene rings is 2. The summed E-state index contributed by atoms with van der Waals surface area (Å²) in [5, 5.41) is 2.00. The molecule has 3 rings (SSSR count). The lowest BCUT2D eigenvalue weighted by Gasteiger charge is -2.23. The van der Waals surface area contributed by atoms with Crippen molar-refractivity contribution in [2.45, 2.75) is 6.42 Å². The third-order valence-electron chi connectivity index (χ3n) is 4.66. The van der Waals surface area contributed by atoms with Crippen molar-refractivity contribution >= 4 is 34.8 Å². The summed E-state index contributed by atoms with van der Waals surface area (Å²) in [6.07, 6.45) is 0.112. The lowest BCUT2D eigenvalue weighted by Crippen LogP contribution is -2.43. The van der Waals surface area contributed by atoms with Gasteiger partial charge in [0.05, 0.1) is 36.5 Å². The standard InChI is InChI=1S/C20H22ClN3O4/c1-23(14-7-5-4-6-8-14)22-20(26)13-9-19(25)24(12-13)16-10-15(21)17(27-2)11-18(16)28-3/h4-8,10-11,13H,9,12H2,1-3H3,(H,22,26)/t13-/m1/s1. The number of nitrogens with one attached hydrogen (secondary N) is 1. The van der Waals surface area contributed by atoms with Crippen LogP contribution in [0.5, 0.6) is 11.5 Å². The van der Waals surface area contributed by atoms with Crippen molar-refractivity contribution in [3.05, 3.63) is 47.5 Å². The van der Waals surface area contributed by atoms with Crippen LogP contribution in [-0.2, 0) is 9.59 Å². The minimum Gasteiger partial charge on any atom is -0.495 e. The average Bonchev–Trinajstić information content (AvgIpc) is 3.10. The molecule has 2 aromatic rings. The number of methoxy groups -OCH3 is 2. The zero-order valence-electron chi connectivity index (χ0n) is 15.9. The van der Waals surface area contributed by atoms with Crippen LogP contribution in [0.15, 0.2) is 42.5 Å². The van der Waals surface area contributed by atoms with E-state index in [1.807, 2.05) is 30.3 Å². The van der Waals surface area contributed by atoms with E-state index < -0.39 is 5.92 Å². The fourth-order valence-corrected chi connectivity index (χ4v) is 3.38. The Morgan fingerprint density at radius 3 is 2.50 bits per heavy atom. The lowest BCUT2D eigenvalue weighted by molar-refractivity contribution is -0.126. The van der Waals surface area contributed by atoms with Crippen LogP contribution in [0.1, 0.15) is 6.42 Å². The molecule has 0 aromatic heterocycles. The van der Waals surface area contributed by atoms with Crippen molar-refractivity contribution in [1.82, 2.24) is 5.43 Å². The quantitative estimate of drug-likeness (QED) is 0.751. The molecule has 7 nitrogen and oxygen atoms in total. The molecule has 8 heteroatoms. The molecule has 0 spiro atoms. The molecule has 0 saturated carbocycles. The number of carbonyl (C=O) groups is 2. The minimum absolute atomic E-state index is 0.112. The van der Waals surface area contributed by atoms with Crippen LogP contribution < -0.4 is 24.8 Å². The second kappa shape index (κ2) is 8.39. The van der Waals surface area contributed by atoms with Crippen molar-refractivity contribution in [1.29, 1.82) is 0 Å². The van der Waals surface area contributed by atoms with Gasteiger partial charge in [-0.1, -0.05) is 29.8 Å². The van der Waals surface area contributed by atoms with Gasteiger partial charge >= 0.3 is 0 Å². The van der Waals surface area contributed by atoms with Crippen molar-refractivity contribution in [3.63, 3.8) is 0 Å². The Hall–Kier alpha value is -2.93. The van der Waals surface area contributed by atoms with Crippen LogP contribution in [0.3, 0.4) is 0 Å². The summed E-state index contributed by atoms with van der Waals surface area (Å²) in [6.45, 7) is 0.242. The Morgan fingerprint density at radius 2 is 1.86 bits per heavy atom. The molecule has 0 bridgehead atoms. The first-order valence-electron chi connectivity index (χ1n) is 8.75. The molecule has 148 valence electrons. The van der Waals surface area contributed by atoms with E-state index in [1.54, 1.807) is 24.2 Å². The zero-order valence-corrected chi connectivity index (χ0v) is 16.7. The van der Waals surface area contributed by atoms with Gasteiger partial charge in [0.15, 0.2) is 0 Å². The van der Waals surface area contributed by atoms with E-state index in [9.17, 15) is 9.59 Å². The van der Waals surface area contributed by atoms with Crippen LogP contribution >= 0.6 is 11.6 Å². The van der Waals surface area contributed by atoms with Crippen LogP contribution in [0.4, 0.5) is 11.4 Å². The summed E-state index contributed by atoms with van der Waals surface area (Å²) >= 11 is 6.22. The summed E-state index contributed by atoms with van der Waals surface area (Å²) < 4.78 is 10.6. The SMILES string of the molecule is COc1cc(OC)c(N2C[C@H](C(=O)NN(C)c3ccccc3)CC2=O)cc1Cl. The molecule has 1 N–H and O–H groups in total. The highest BCUT2D eigenvalue weighted by molar-refractivity contribution is 6.32. The van der Waals surface area contributed by atoms with E-state index in [4.69, 9.17) is 21.1 Å². The molecule has 1 aliphatic rings. The Bertz CT molecular complexity index is 875. The van der Waals surface area contributed by atoms with Gasteiger partial charge in [-0.25, -0.2) is 0 Å². The molecule has 28 heavy (non-hydrogen) atoms. The maximum Gasteiger partial charge on any atom is 0.243 e. The first-order chi connectivity index (χ1) is 13.4. The number of carbonyl (C=O) groups excluding carboxylic acids is 2. The smallest absolute Gasteiger partial charge is 0.243 e. The first-order valence-corrected chi connectivity index (χ1v) is 9.13. The number of hydrazine groups is 1. The van der Waals surface area contributed by atoms with Crippen LogP contribution in [0.2, 0.25) is 5.02 Å². The van der Waals surface area contributed by atoms with Gasteiger partial charge in [-0.3, -0.25) is 20.0 Å². The number of nitrogens with zero attached hydrogens (tertiary/aromatic N) is 2. The average molecular weight is 404 g/mol. The molecule has 2 amide bonds. The van der Waals surface area contributed by atoms with Crippen molar-refractivity contribution < 1.29 is 19.1 Å². The third kappa shape index (κ3) is 3.99. The maximum absolute atomic E-state index is 12.7. The number of hydrogen-bond acceptors (Lipinski definition) is 5. The number of ether oxygens (including phenoxy) is 2.